The first-order valence-electron chi connectivity index (χ1n) is 9.20. The van der Waals surface area contributed by atoms with Crippen molar-refractivity contribution in [2.24, 2.45) is 5.92 Å². The normalized spacial score (nSPS) is 19.7. The first kappa shape index (κ1) is 18.0. The molecule has 0 radical (unpaired) electrons. The summed E-state index contributed by atoms with van der Waals surface area (Å²) < 4.78 is 11.1. The molecule has 1 amide bonds. The number of carbonyl (C=O) groups is 1. The van der Waals surface area contributed by atoms with Crippen LogP contribution in [-0.2, 0) is 4.79 Å². The van der Waals surface area contributed by atoms with Crippen LogP contribution in [-0.4, -0.2) is 67.7 Å². The molecule has 6 nitrogen and oxygen atoms in total. The summed E-state index contributed by atoms with van der Waals surface area (Å²) in [6.45, 7) is 12.6. The van der Waals surface area contributed by atoms with E-state index in [1.807, 2.05) is 25.1 Å². The predicted molar refractivity (Wildman–Crippen MR) is 98.4 cm³/mol. The van der Waals surface area contributed by atoms with Crippen LogP contribution in [0, 0.1) is 5.92 Å². The van der Waals surface area contributed by atoms with E-state index in [0.29, 0.717) is 24.9 Å². The molecule has 0 spiro atoms. The lowest BCUT2D eigenvalue weighted by Gasteiger charge is -2.38. The Morgan fingerprint density at radius 3 is 2.44 bits per heavy atom. The summed E-state index contributed by atoms with van der Waals surface area (Å²) in [6.07, 6.45) is 0. The van der Waals surface area contributed by atoms with Crippen molar-refractivity contribution in [3.05, 3.63) is 18.2 Å². The zero-order chi connectivity index (χ0) is 17.8. The van der Waals surface area contributed by atoms with E-state index in [-0.39, 0.29) is 11.9 Å². The van der Waals surface area contributed by atoms with Gasteiger partial charge in [-0.05, 0) is 25.0 Å². The molecule has 0 aromatic heterocycles. The number of nitrogens with zero attached hydrogens (tertiary/aromatic N) is 2. The molecule has 1 saturated heterocycles. The Hall–Kier alpha value is -1.79. The van der Waals surface area contributed by atoms with E-state index < -0.39 is 0 Å². The maximum Gasteiger partial charge on any atom is 0.241 e. The average Bonchev–Trinajstić information content (AvgIpc) is 2.61. The van der Waals surface area contributed by atoms with Gasteiger partial charge in [0, 0.05) is 44.5 Å². The minimum absolute atomic E-state index is 0.0222. The third-order valence-electron chi connectivity index (χ3n) is 4.77. The number of piperazine rings is 1. The molecule has 6 heteroatoms. The zero-order valence-electron chi connectivity index (χ0n) is 15.5. The van der Waals surface area contributed by atoms with Crippen molar-refractivity contribution < 1.29 is 14.3 Å². The molecule has 0 saturated carbocycles. The van der Waals surface area contributed by atoms with Crippen LogP contribution in [0.15, 0.2) is 18.2 Å². The molecule has 0 aliphatic carbocycles. The van der Waals surface area contributed by atoms with Gasteiger partial charge in [-0.1, -0.05) is 13.8 Å². The zero-order valence-corrected chi connectivity index (χ0v) is 15.5. The molecule has 1 fully saturated rings. The molecular formula is C19H29N3O3. The van der Waals surface area contributed by atoms with Crippen molar-refractivity contribution in [3.63, 3.8) is 0 Å². The highest BCUT2D eigenvalue weighted by Gasteiger charge is 2.26. The lowest BCUT2D eigenvalue weighted by atomic mass is 10.1. The largest absolute Gasteiger partial charge is 0.486 e. The van der Waals surface area contributed by atoms with Gasteiger partial charge in [-0.3, -0.25) is 9.69 Å². The van der Waals surface area contributed by atoms with Crippen LogP contribution >= 0.6 is 0 Å². The van der Waals surface area contributed by atoms with E-state index >= 15 is 0 Å². The van der Waals surface area contributed by atoms with Gasteiger partial charge in [-0.15, -0.1) is 0 Å². The van der Waals surface area contributed by atoms with Gasteiger partial charge in [0.25, 0.3) is 0 Å². The minimum Gasteiger partial charge on any atom is -0.486 e. The number of benzene rings is 1. The van der Waals surface area contributed by atoms with E-state index in [4.69, 9.17) is 9.47 Å². The fourth-order valence-corrected chi connectivity index (χ4v) is 3.38. The Morgan fingerprint density at radius 2 is 1.76 bits per heavy atom. The first-order chi connectivity index (χ1) is 12.0. The Balaban J connectivity index is 1.53. The van der Waals surface area contributed by atoms with Crippen LogP contribution in [0.2, 0.25) is 0 Å². The topological polar surface area (TPSA) is 54.0 Å². The molecule has 0 bridgehead atoms. The van der Waals surface area contributed by atoms with Crippen LogP contribution in [0.5, 0.6) is 11.5 Å². The summed E-state index contributed by atoms with van der Waals surface area (Å²) in [4.78, 5) is 17.3. The molecule has 1 N–H and O–H groups in total. The van der Waals surface area contributed by atoms with E-state index in [9.17, 15) is 4.79 Å². The second-order valence-corrected chi connectivity index (χ2v) is 7.25. The van der Waals surface area contributed by atoms with Gasteiger partial charge in [0.15, 0.2) is 11.5 Å². The van der Waals surface area contributed by atoms with Crippen molar-refractivity contribution in [1.29, 1.82) is 0 Å². The number of hydrogen-bond donors (Lipinski definition) is 1. The molecule has 1 unspecified atom stereocenters. The third kappa shape index (κ3) is 4.64. The Morgan fingerprint density at radius 1 is 1.08 bits per heavy atom. The van der Waals surface area contributed by atoms with Gasteiger partial charge in [0.1, 0.15) is 13.2 Å². The molecule has 1 aromatic rings. The van der Waals surface area contributed by atoms with Crippen molar-refractivity contribution in [3.8, 4) is 11.5 Å². The molecule has 2 aliphatic heterocycles. The van der Waals surface area contributed by atoms with Crippen molar-refractivity contribution in [2.45, 2.75) is 26.8 Å². The summed E-state index contributed by atoms with van der Waals surface area (Å²) in [6, 6.07) is 5.40. The number of hydrogen-bond acceptors (Lipinski definition) is 5. The third-order valence-corrected chi connectivity index (χ3v) is 4.77. The molecular weight excluding hydrogens is 318 g/mol. The van der Waals surface area contributed by atoms with Crippen LogP contribution in [0.1, 0.15) is 20.8 Å². The van der Waals surface area contributed by atoms with Crippen molar-refractivity contribution >= 4 is 11.6 Å². The maximum atomic E-state index is 12.6. The highest BCUT2D eigenvalue weighted by Crippen LogP contribution is 2.32. The van der Waals surface area contributed by atoms with E-state index in [2.05, 4.69) is 29.0 Å². The van der Waals surface area contributed by atoms with Crippen molar-refractivity contribution in [2.75, 3.05) is 51.3 Å². The summed E-state index contributed by atoms with van der Waals surface area (Å²) in [7, 11) is 0. The fourth-order valence-electron chi connectivity index (χ4n) is 3.38. The Kier molecular flexibility index (Phi) is 5.81. The van der Waals surface area contributed by atoms with Crippen LogP contribution in [0.25, 0.3) is 0 Å². The number of nitrogens with one attached hydrogen (secondary N) is 1. The van der Waals surface area contributed by atoms with Gasteiger partial charge in [-0.25, -0.2) is 0 Å². The molecule has 1 atom stereocenters. The van der Waals surface area contributed by atoms with Gasteiger partial charge in [0.05, 0.1) is 6.04 Å². The minimum atomic E-state index is -0.144. The summed E-state index contributed by atoms with van der Waals surface area (Å²) >= 11 is 0. The summed E-state index contributed by atoms with van der Waals surface area (Å²) in [5, 5.41) is 3.00. The van der Waals surface area contributed by atoms with Gasteiger partial charge in [0.2, 0.25) is 5.91 Å². The highest BCUT2D eigenvalue weighted by atomic mass is 16.6. The number of anilines is 1. The van der Waals surface area contributed by atoms with Crippen LogP contribution < -0.4 is 14.8 Å². The second-order valence-electron chi connectivity index (χ2n) is 7.25. The van der Waals surface area contributed by atoms with E-state index in [0.717, 1.165) is 44.2 Å². The van der Waals surface area contributed by atoms with E-state index in [1.165, 1.54) is 0 Å². The average molecular weight is 347 g/mol. The molecule has 25 heavy (non-hydrogen) atoms. The van der Waals surface area contributed by atoms with Gasteiger partial charge in [-0.2, -0.15) is 0 Å². The smallest absolute Gasteiger partial charge is 0.241 e. The Labute approximate surface area is 150 Å². The molecule has 1 aromatic carbocycles. The number of fused-ring (bicyclic) bond motifs is 1. The quantitative estimate of drug-likeness (QED) is 0.884. The van der Waals surface area contributed by atoms with Crippen LogP contribution in [0.3, 0.4) is 0 Å². The predicted octanol–water partition coefficient (Wildman–Crippen LogP) is 2.06. The second kappa shape index (κ2) is 8.06. The summed E-state index contributed by atoms with van der Waals surface area (Å²) in [5.41, 5.74) is 0.750. The van der Waals surface area contributed by atoms with Crippen molar-refractivity contribution in [1.82, 2.24) is 9.80 Å². The number of rotatable bonds is 5. The number of ether oxygens (including phenoxy) is 2. The lowest BCUT2D eigenvalue weighted by molar-refractivity contribution is -0.121. The van der Waals surface area contributed by atoms with Gasteiger partial charge >= 0.3 is 0 Å². The number of carbonyl (C=O) groups excluding carboxylic acids is 1. The molecule has 138 valence electrons. The molecule has 2 heterocycles. The lowest BCUT2D eigenvalue weighted by Crippen LogP contribution is -2.53. The fraction of sp³-hybridized carbons (Fsp3) is 0.632. The monoisotopic (exact) mass is 347 g/mol. The number of amides is 1. The summed E-state index contributed by atoms with van der Waals surface area (Å²) in [5.74, 6) is 2.13. The molecule has 3 rings (SSSR count). The van der Waals surface area contributed by atoms with Crippen LogP contribution in [0.4, 0.5) is 5.69 Å². The highest BCUT2D eigenvalue weighted by molar-refractivity contribution is 5.94. The van der Waals surface area contributed by atoms with E-state index in [1.54, 1.807) is 0 Å². The maximum absolute atomic E-state index is 12.6. The first-order valence-corrected chi connectivity index (χ1v) is 9.20. The Bertz CT molecular complexity index is 598. The standard InChI is InChI=1S/C19H29N3O3/c1-14(2)13-21-6-8-22(9-7-21)15(3)19(23)20-16-4-5-17-18(12-16)25-11-10-24-17/h4-5,12,14-15H,6-11,13H2,1-3H3,(H,20,23). The van der Waals surface area contributed by atoms with Gasteiger partial charge < -0.3 is 19.7 Å². The SMILES string of the molecule is CC(C)CN1CCN(C(C)C(=O)Nc2ccc3c(c2)OCCO3)CC1. The molecule has 2 aliphatic rings.